The first kappa shape index (κ1) is 22.3. The highest BCUT2D eigenvalue weighted by Gasteiger charge is 2.17. The lowest BCUT2D eigenvalue weighted by Crippen LogP contribution is -2.43. The van der Waals surface area contributed by atoms with E-state index >= 15 is 0 Å². The number of carbonyl (C=O) groups excluding carboxylic acids is 1. The number of halogens is 2. The summed E-state index contributed by atoms with van der Waals surface area (Å²) in [5.41, 5.74) is 15.5. The summed E-state index contributed by atoms with van der Waals surface area (Å²) < 4.78 is 25.5. The predicted molar refractivity (Wildman–Crippen MR) is 116 cm³/mol. The van der Waals surface area contributed by atoms with E-state index in [0.717, 1.165) is 37.3 Å². The van der Waals surface area contributed by atoms with E-state index in [1.165, 1.54) is 5.69 Å². The fourth-order valence-corrected chi connectivity index (χ4v) is 3.26. The molecule has 164 valence electrons. The fourth-order valence-electron chi connectivity index (χ4n) is 3.26. The summed E-state index contributed by atoms with van der Waals surface area (Å²) in [7, 11) is 0. The minimum absolute atomic E-state index is 0.427. The Kier molecular flexibility index (Phi) is 7.63. The largest absolute Gasteiger partial charge is 0.369 e. The number of amides is 2. The third-order valence-electron chi connectivity index (χ3n) is 5.03. The van der Waals surface area contributed by atoms with Gasteiger partial charge in [-0.15, -0.1) is 0 Å². The molecule has 2 amide bonds. The Bertz CT molecular complexity index is 922. The first-order valence-electron chi connectivity index (χ1n) is 9.87. The molecule has 31 heavy (non-hydrogen) atoms. The number of rotatable bonds is 7. The van der Waals surface area contributed by atoms with Crippen LogP contribution in [0.25, 0.3) is 11.1 Å². The molecule has 0 radical (unpaired) electrons. The molecule has 1 aliphatic rings. The van der Waals surface area contributed by atoms with Crippen molar-refractivity contribution in [1.82, 2.24) is 10.3 Å². The molecule has 5 N–H and O–H groups in total. The van der Waals surface area contributed by atoms with Crippen LogP contribution in [0, 0.1) is 5.53 Å². The van der Waals surface area contributed by atoms with E-state index in [4.69, 9.17) is 11.3 Å². The number of urea groups is 1. The molecule has 10 heteroatoms. The van der Waals surface area contributed by atoms with Crippen LogP contribution in [-0.4, -0.2) is 50.3 Å². The SMILES string of the molecule is N=NN(CC(CN)=C(F)F)C(=O)Nc1ccc(-c2ccc(N3CCNCC3)cc2)cc1. The van der Waals surface area contributed by atoms with Gasteiger partial charge in [-0.25, -0.2) is 4.79 Å². The van der Waals surface area contributed by atoms with Crippen LogP contribution in [0.1, 0.15) is 0 Å². The zero-order valence-electron chi connectivity index (χ0n) is 16.9. The fraction of sp³-hybridized carbons (Fsp3) is 0.286. The molecule has 0 bridgehead atoms. The molecule has 0 unspecified atom stereocenters. The van der Waals surface area contributed by atoms with Crippen LogP contribution in [0.2, 0.25) is 0 Å². The molecule has 0 aliphatic carbocycles. The van der Waals surface area contributed by atoms with E-state index in [1.54, 1.807) is 12.1 Å². The summed E-state index contributed by atoms with van der Waals surface area (Å²) in [5.74, 6) is 0. The molecule has 8 nitrogen and oxygen atoms in total. The maximum atomic E-state index is 12.8. The Morgan fingerprint density at radius 3 is 2.19 bits per heavy atom. The first-order valence-corrected chi connectivity index (χ1v) is 9.87. The molecule has 1 aliphatic heterocycles. The monoisotopic (exact) mass is 429 g/mol. The van der Waals surface area contributed by atoms with Crippen LogP contribution in [0.3, 0.4) is 0 Å². The van der Waals surface area contributed by atoms with E-state index in [2.05, 4.69) is 45.0 Å². The summed E-state index contributed by atoms with van der Waals surface area (Å²) in [4.78, 5) is 14.6. The van der Waals surface area contributed by atoms with Gasteiger partial charge in [0.2, 0.25) is 0 Å². The van der Waals surface area contributed by atoms with Crippen molar-refractivity contribution < 1.29 is 13.6 Å². The quantitative estimate of drug-likeness (QED) is 0.398. The third kappa shape index (κ3) is 5.83. The van der Waals surface area contributed by atoms with Crippen LogP contribution >= 0.6 is 0 Å². The zero-order chi connectivity index (χ0) is 22.2. The number of benzene rings is 2. The van der Waals surface area contributed by atoms with Gasteiger partial charge in [-0.1, -0.05) is 29.5 Å². The van der Waals surface area contributed by atoms with Crippen molar-refractivity contribution in [3.8, 4) is 11.1 Å². The van der Waals surface area contributed by atoms with Crippen LogP contribution in [0.4, 0.5) is 25.0 Å². The number of nitrogens with one attached hydrogen (secondary N) is 3. The average molecular weight is 429 g/mol. The lowest BCUT2D eigenvalue weighted by Gasteiger charge is -2.29. The highest BCUT2D eigenvalue weighted by Crippen LogP contribution is 2.25. The van der Waals surface area contributed by atoms with Crippen molar-refractivity contribution in [3.63, 3.8) is 0 Å². The zero-order valence-corrected chi connectivity index (χ0v) is 16.9. The average Bonchev–Trinajstić information content (AvgIpc) is 2.81. The molecular weight excluding hydrogens is 404 g/mol. The van der Waals surface area contributed by atoms with Crippen molar-refractivity contribution >= 4 is 17.4 Å². The molecule has 0 saturated carbocycles. The van der Waals surface area contributed by atoms with Crippen LogP contribution in [0.15, 0.2) is 65.4 Å². The number of carbonyl (C=O) groups is 1. The molecule has 3 rings (SSSR count). The Hall–Kier alpha value is -3.37. The molecule has 0 aromatic heterocycles. The molecule has 2 aromatic rings. The standard InChI is InChI=1S/C21H25F2N7O/c22-20(23)17(13-24)14-30(28-25)21(31)27-18-5-1-15(2-6-18)16-3-7-19(8-4-16)29-11-9-26-10-12-29/h1-8,25-26H,9-14,24H2,(H,27,31). The van der Waals surface area contributed by atoms with Gasteiger partial charge < -0.3 is 21.3 Å². The summed E-state index contributed by atoms with van der Waals surface area (Å²) in [6.45, 7) is 2.94. The highest BCUT2D eigenvalue weighted by molar-refractivity contribution is 5.89. The number of nitrogens with zero attached hydrogens (tertiary/aromatic N) is 3. The molecule has 0 spiro atoms. The van der Waals surface area contributed by atoms with Gasteiger partial charge in [-0.05, 0) is 35.4 Å². The summed E-state index contributed by atoms with van der Waals surface area (Å²) >= 11 is 0. The van der Waals surface area contributed by atoms with E-state index in [0.29, 0.717) is 10.7 Å². The van der Waals surface area contributed by atoms with Crippen molar-refractivity contribution in [2.75, 3.05) is 49.5 Å². The van der Waals surface area contributed by atoms with E-state index in [9.17, 15) is 13.6 Å². The lowest BCUT2D eigenvalue weighted by atomic mass is 10.0. The number of nitrogens with two attached hydrogens (primary N) is 1. The van der Waals surface area contributed by atoms with Gasteiger partial charge in [0.1, 0.15) is 0 Å². The maximum Gasteiger partial charge on any atom is 0.343 e. The smallest absolute Gasteiger partial charge is 0.343 e. The topological polar surface area (TPSA) is 110 Å². The molecule has 1 saturated heterocycles. The van der Waals surface area contributed by atoms with Crippen LogP contribution in [-0.2, 0) is 0 Å². The van der Waals surface area contributed by atoms with Crippen molar-refractivity contribution in [1.29, 1.82) is 5.53 Å². The van der Waals surface area contributed by atoms with Crippen LogP contribution < -0.4 is 21.3 Å². The maximum absolute atomic E-state index is 12.8. The Labute approximate surface area is 179 Å². The summed E-state index contributed by atoms with van der Waals surface area (Å²) in [5, 5.41) is 9.47. The molecule has 0 atom stereocenters. The van der Waals surface area contributed by atoms with Gasteiger partial charge in [0.15, 0.2) is 0 Å². The predicted octanol–water partition coefficient (Wildman–Crippen LogP) is 3.65. The molecule has 1 fully saturated rings. The number of hydrogen-bond donors (Lipinski definition) is 4. The number of anilines is 2. The lowest BCUT2D eigenvalue weighted by molar-refractivity contribution is 0.211. The molecular formula is C21H25F2N7O. The van der Waals surface area contributed by atoms with Crippen molar-refractivity contribution in [2.45, 2.75) is 0 Å². The van der Waals surface area contributed by atoms with Gasteiger partial charge in [-0.2, -0.15) is 19.3 Å². The van der Waals surface area contributed by atoms with Crippen molar-refractivity contribution in [2.24, 2.45) is 11.0 Å². The molecule has 2 aromatic carbocycles. The summed E-state index contributed by atoms with van der Waals surface area (Å²) in [6, 6.07) is 14.6. The van der Waals surface area contributed by atoms with Crippen molar-refractivity contribution in [3.05, 3.63) is 60.2 Å². The minimum atomic E-state index is -1.98. The van der Waals surface area contributed by atoms with Gasteiger partial charge in [-0.3, -0.25) is 0 Å². The van der Waals surface area contributed by atoms with Gasteiger partial charge in [0.05, 0.1) is 6.54 Å². The van der Waals surface area contributed by atoms with E-state index in [-0.39, 0.29) is 0 Å². The normalized spacial score (nSPS) is 13.5. The highest BCUT2D eigenvalue weighted by atomic mass is 19.3. The molecule has 1 heterocycles. The second-order valence-corrected chi connectivity index (χ2v) is 7.02. The number of hydrogen-bond acceptors (Lipinski definition) is 6. The van der Waals surface area contributed by atoms with E-state index < -0.39 is 30.8 Å². The van der Waals surface area contributed by atoms with Gasteiger partial charge in [0, 0.05) is 49.7 Å². The first-order chi connectivity index (χ1) is 15.0. The van der Waals surface area contributed by atoms with Gasteiger partial charge in [0.25, 0.3) is 6.08 Å². The third-order valence-corrected chi connectivity index (χ3v) is 5.03. The van der Waals surface area contributed by atoms with Crippen LogP contribution in [0.5, 0.6) is 0 Å². The Morgan fingerprint density at radius 1 is 1.10 bits per heavy atom. The second-order valence-electron chi connectivity index (χ2n) is 7.02. The Balaban J connectivity index is 1.63. The minimum Gasteiger partial charge on any atom is -0.369 e. The summed E-state index contributed by atoms with van der Waals surface area (Å²) in [6.07, 6.45) is -1.98. The number of piperazine rings is 1. The Morgan fingerprint density at radius 2 is 1.68 bits per heavy atom. The van der Waals surface area contributed by atoms with E-state index in [1.807, 2.05) is 12.1 Å². The van der Waals surface area contributed by atoms with Gasteiger partial charge >= 0.3 is 6.03 Å². The second kappa shape index (κ2) is 10.6.